The lowest BCUT2D eigenvalue weighted by Crippen LogP contribution is -2.32. The number of rotatable bonds is 6. The lowest BCUT2D eigenvalue weighted by Gasteiger charge is -2.09. The quantitative estimate of drug-likeness (QED) is 0.719. The van der Waals surface area contributed by atoms with Gasteiger partial charge in [-0.2, -0.15) is 0 Å². The second-order valence-corrected chi connectivity index (χ2v) is 6.75. The van der Waals surface area contributed by atoms with Gasteiger partial charge in [-0.3, -0.25) is 4.79 Å². The fraction of sp³-hybridized carbons (Fsp3) is 0.333. The monoisotopic (exact) mass is 439 g/mol. The average Bonchev–Trinajstić information content (AvgIpc) is 2.93. The van der Waals surface area contributed by atoms with E-state index in [1.807, 2.05) is 36.6 Å². The Bertz CT molecular complexity index is 624. The van der Waals surface area contributed by atoms with Crippen LogP contribution in [-0.2, 0) is 11.2 Å². The van der Waals surface area contributed by atoms with Crippen molar-refractivity contribution in [2.75, 3.05) is 13.1 Å². The van der Waals surface area contributed by atoms with Crippen molar-refractivity contribution >= 4 is 58.0 Å². The number of hydrogen-bond acceptors (Lipinski definition) is 4. The van der Waals surface area contributed by atoms with E-state index >= 15 is 0 Å². The Hall–Kier alpha value is -0.660. The zero-order chi connectivity index (χ0) is 15.2. The van der Waals surface area contributed by atoms with Crippen LogP contribution in [0.25, 0.3) is 10.6 Å². The Labute approximate surface area is 161 Å². The van der Waals surface area contributed by atoms with Crippen LogP contribution >= 0.6 is 52.1 Å². The summed E-state index contributed by atoms with van der Waals surface area (Å²) in [5.41, 5.74) is 7.38. The molecule has 1 aromatic carbocycles. The number of thiazole rings is 1. The van der Waals surface area contributed by atoms with Crippen molar-refractivity contribution in [1.29, 1.82) is 0 Å². The largest absolute Gasteiger partial charge is 0.355 e. The van der Waals surface area contributed by atoms with Gasteiger partial charge >= 0.3 is 0 Å². The summed E-state index contributed by atoms with van der Waals surface area (Å²) < 4.78 is 1.02. The molecule has 23 heavy (non-hydrogen) atoms. The van der Waals surface area contributed by atoms with Crippen molar-refractivity contribution in [2.24, 2.45) is 11.7 Å². The minimum absolute atomic E-state index is 0. The van der Waals surface area contributed by atoms with Gasteiger partial charge in [-0.15, -0.1) is 36.2 Å². The number of carbonyl (C=O) groups is 1. The molecule has 0 bridgehead atoms. The summed E-state index contributed by atoms with van der Waals surface area (Å²) in [5, 5.41) is 5.74. The number of nitrogens with zero attached hydrogens (tertiary/aromatic N) is 1. The van der Waals surface area contributed by atoms with E-state index in [2.05, 4.69) is 26.2 Å². The Morgan fingerprint density at radius 3 is 2.83 bits per heavy atom. The van der Waals surface area contributed by atoms with Gasteiger partial charge in [-0.1, -0.05) is 35.0 Å². The maximum absolute atomic E-state index is 11.8. The number of aromatic nitrogens is 1. The van der Waals surface area contributed by atoms with Crippen LogP contribution < -0.4 is 11.1 Å². The molecule has 128 valence electrons. The van der Waals surface area contributed by atoms with Gasteiger partial charge < -0.3 is 11.1 Å². The predicted molar refractivity (Wildman–Crippen MR) is 105 cm³/mol. The Morgan fingerprint density at radius 1 is 1.43 bits per heavy atom. The molecule has 0 aliphatic heterocycles. The molecule has 0 radical (unpaired) electrons. The van der Waals surface area contributed by atoms with Crippen molar-refractivity contribution in [1.82, 2.24) is 10.3 Å². The molecule has 8 heteroatoms. The molecule has 1 aromatic heterocycles. The summed E-state index contributed by atoms with van der Waals surface area (Å²) in [7, 11) is 0. The topological polar surface area (TPSA) is 68.0 Å². The zero-order valence-corrected chi connectivity index (χ0v) is 16.7. The molecular formula is C15H20BrCl2N3OS. The highest BCUT2D eigenvalue weighted by molar-refractivity contribution is 9.10. The van der Waals surface area contributed by atoms with Gasteiger partial charge in [-0.05, 0) is 24.6 Å². The lowest BCUT2D eigenvalue weighted by molar-refractivity contribution is -0.120. The Morgan fingerprint density at radius 2 is 2.17 bits per heavy atom. The molecule has 1 amide bonds. The third-order valence-corrected chi connectivity index (χ3v) is 4.45. The van der Waals surface area contributed by atoms with E-state index in [1.165, 1.54) is 0 Å². The first-order valence-electron chi connectivity index (χ1n) is 6.75. The highest BCUT2D eigenvalue weighted by Crippen LogP contribution is 2.26. The first-order valence-corrected chi connectivity index (χ1v) is 8.43. The second-order valence-electron chi connectivity index (χ2n) is 4.98. The first kappa shape index (κ1) is 22.3. The van der Waals surface area contributed by atoms with Crippen LogP contribution in [0.15, 0.2) is 34.1 Å². The molecule has 0 saturated heterocycles. The smallest absolute Gasteiger partial charge is 0.226 e. The van der Waals surface area contributed by atoms with Gasteiger partial charge in [0.1, 0.15) is 5.01 Å². The van der Waals surface area contributed by atoms with Crippen LogP contribution in [-0.4, -0.2) is 24.0 Å². The average molecular weight is 441 g/mol. The van der Waals surface area contributed by atoms with Crippen molar-refractivity contribution < 1.29 is 4.79 Å². The molecule has 0 aliphatic rings. The van der Waals surface area contributed by atoms with Gasteiger partial charge in [0, 0.05) is 22.0 Å². The number of amides is 1. The number of nitrogens with two attached hydrogens (primary N) is 1. The lowest BCUT2D eigenvalue weighted by atomic mass is 10.2. The van der Waals surface area contributed by atoms with Crippen molar-refractivity contribution in [3.63, 3.8) is 0 Å². The van der Waals surface area contributed by atoms with Gasteiger partial charge in [0.25, 0.3) is 0 Å². The third-order valence-electron chi connectivity index (χ3n) is 3.02. The minimum atomic E-state index is -0.0126. The van der Waals surface area contributed by atoms with E-state index in [0.717, 1.165) is 20.7 Å². The van der Waals surface area contributed by atoms with Crippen molar-refractivity contribution in [2.45, 2.75) is 13.3 Å². The summed E-state index contributed by atoms with van der Waals surface area (Å²) in [6, 6.07) is 7.98. The summed E-state index contributed by atoms with van der Waals surface area (Å²) in [5.74, 6) is 0.281. The fourth-order valence-electron chi connectivity index (χ4n) is 1.74. The first-order chi connectivity index (χ1) is 10.1. The predicted octanol–water partition coefficient (Wildman–Crippen LogP) is 3.67. The molecule has 0 aliphatic carbocycles. The molecule has 0 fully saturated rings. The molecule has 0 spiro atoms. The number of benzene rings is 1. The standard InChI is InChI=1S/C15H18BrN3OS.2ClH/c1-10(7-17)8-18-14(20)6-13-9-21-15(19-13)11-3-2-4-12(16)5-11;;/h2-5,9-10H,6-8,17H2,1H3,(H,18,20);2*1H. The molecule has 1 unspecified atom stereocenters. The summed E-state index contributed by atoms with van der Waals surface area (Å²) >= 11 is 5.00. The third kappa shape index (κ3) is 7.18. The molecular weight excluding hydrogens is 421 g/mol. The van der Waals surface area contributed by atoms with Crippen LogP contribution in [0.1, 0.15) is 12.6 Å². The van der Waals surface area contributed by atoms with E-state index in [9.17, 15) is 4.79 Å². The van der Waals surface area contributed by atoms with Crippen molar-refractivity contribution in [3.05, 3.63) is 39.8 Å². The van der Waals surface area contributed by atoms with Crippen LogP contribution in [0.2, 0.25) is 0 Å². The van der Waals surface area contributed by atoms with Crippen molar-refractivity contribution in [3.8, 4) is 10.6 Å². The van der Waals surface area contributed by atoms with Crippen LogP contribution in [0, 0.1) is 5.92 Å². The van der Waals surface area contributed by atoms with E-state index in [0.29, 0.717) is 25.4 Å². The summed E-state index contributed by atoms with van der Waals surface area (Å²) in [6.07, 6.45) is 0.307. The summed E-state index contributed by atoms with van der Waals surface area (Å²) in [6.45, 7) is 3.19. The fourth-order valence-corrected chi connectivity index (χ4v) is 2.96. The number of nitrogens with one attached hydrogen (secondary N) is 1. The Balaban J connectivity index is 0.00000242. The molecule has 3 N–H and O–H groups in total. The number of carbonyl (C=O) groups excluding carboxylic acids is 1. The SMILES string of the molecule is CC(CN)CNC(=O)Cc1csc(-c2cccc(Br)c2)n1.Cl.Cl. The van der Waals surface area contributed by atoms with Gasteiger partial charge in [0.2, 0.25) is 5.91 Å². The van der Waals surface area contributed by atoms with Gasteiger partial charge in [-0.25, -0.2) is 4.98 Å². The molecule has 2 rings (SSSR count). The van der Waals surface area contributed by atoms with Gasteiger partial charge in [0.05, 0.1) is 12.1 Å². The van der Waals surface area contributed by atoms with Crippen LogP contribution in [0.5, 0.6) is 0 Å². The second kappa shape index (κ2) is 11.0. The van der Waals surface area contributed by atoms with Crippen LogP contribution in [0.3, 0.4) is 0 Å². The van der Waals surface area contributed by atoms with E-state index in [1.54, 1.807) is 11.3 Å². The van der Waals surface area contributed by atoms with E-state index in [-0.39, 0.29) is 30.7 Å². The highest BCUT2D eigenvalue weighted by Gasteiger charge is 2.10. The zero-order valence-electron chi connectivity index (χ0n) is 12.6. The number of halogens is 3. The molecule has 4 nitrogen and oxygen atoms in total. The molecule has 1 atom stereocenters. The maximum Gasteiger partial charge on any atom is 0.226 e. The molecule has 1 heterocycles. The normalized spacial score (nSPS) is 11.1. The minimum Gasteiger partial charge on any atom is -0.355 e. The van der Waals surface area contributed by atoms with E-state index in [4.69, 9.17) is 5.73 Å². The van der Waals surface area contributed by atoms with Gasteiger partial charge in [0.15, 0.2) is 0 Å². The Kier molecular flexibility index (Phi) is 10.7. The summed E-state index contributed by atoms with van der Waals surface area (Å²) in [4.78, 5) is 16.4. The maximum atomic E-state index is 11.8. The molecule has 2 aromatic rings. The number of hydrogen-bond donors (Lipinski definition) is 2. The van der Waals surface area contributed by atoms with E-state index < -0.39 is 0 Å². The van der Waals surface area contributed by atoms with Crippen LogP contribution in [0.4, 0.5) is 0 Å². The highest BCUT2D eigenvalue weighted by atomic mass is 79.9. The molecule has 0 saturated carbocycles.